The zero-order chi connectivity index (χ0) is 15.9. The fraction of sp³-hybridized carbons (Fsp3) is 0.235. The molecule has 0 N–H and O–H groups in total. The molecule has 5 heteroatoms. The summed E-state index contributed by atoms with van der Waals surface area (Å²) in [5, 5.41) is 11.2. The van der Waals surface area contributed by atoms with Crippen molar-refractivity contribution in [3.63, 3.8) is 0 Å². The molecule has 4 nitrogen and oxygen atoms in total. The van der Waals surface area contributed by atoms with Crippen LogP contribution in [0.15, 0.2) is 47.5 Å². The molecular formula is C17H17ClN2O2. The highest BCUT2D eigenvalue weighted by molar-refractivity contribution is 6.33. The van der Waals surface area contributed by atoms with Gasteiger partial charge < -0.3 is 0 Å². The highest BCUT2D eigenvalue weighted by Crippen LogP contribution is 2.22. The summed E-state index contributed by atoms with van der Waals surface area (Å²) in [5.41, 5.74) is 2.61. The van der Waals surface area contributed by atoms with E-state index in [0.29, 0.717) is 10.6 Å². The summed E-state index contributed by atoms with van der Waals surface area (Å²) < 4.78 is 0. The van der Waals surface area contributed by atoms with Crippen LogP contribution in [0.4, 0.5) is 11.4 Å². The van der Waals surface area contributed by atoms with Gasteiger partial charge >= 0.3 is 0 Å². The Kier molecular flexibility index (Phi) is 5.67. The number of nitro benzene ring substituents is 1. The van der Waals surface area contributed by atoms with Crippen LogP contribution in [0.5, 0.6) is 0 Å². The summed E-state index contributed by atoms with van der Waals surface area (Å²) in [5.74, 6) is 0. The molecule has 0 amide bonds. The van der Waals surface area contributed by atoms with Crippen molar-refractivity contribution < 1.29 is 4.92 Å². The number of nitro groups is 1. The minimum absolute atomic E-state index is 0.000707. The van der Waals surface area contributed by atoms with Crippen LogP contribution < -0.4 is 0 Å². The number of unbranched alkanes of at least 4 members (excludes halogenated alkanes) is 1. The van der Waals surface area contributed by atoms with E-state index in [2.05, 4.69) is 24.0 Å². The summed E-state index contributed by atoms with van der Waals surface area (Å²) >= 11 is 6.04. The summed E-state index contributed by atoms with van der Waals surface area (Å²) in [6.45, 7) is 2.17. The molecule has 2 aromatic carbocycles. The fourth-order valence-electron chi connectivity index (χ4n) is 2.02. The Bertz CT molecular complexity index is 682. The number of nitrogens with zero attached hydrogens (tertiary/aromatic N) is 2. The van der Waals surface area contributed by atoms with E-state index in [0.717, 1.165) is 12.1 Å². The van der Waals surface area contributed by atoms with E-state index in [9.17, 15) is 10.1 Å². The van der Waals surface area contributed by atoms with Crippen LogP contribution in [-0.4, -0.2) is 11.1 Å². The third kappa shape index (κ3) is 4.40. The quantitative estimate of drug-likeness (QED) is 0.410. The third-order valence-electron chi connectivity index (χ3n) is 3.30. The maximum atomic E-state index is 10.8. The van der Waals surface area contributed by atoms with E-state index in [4.69, 9.17) is 11.6 Å². The topological polar surface area (TPSA) is 55.5 Å². The Morgan fingerprint density at radius 3 is 2.59 bits per heavy atom. The molecule has 0 saturated heterocycles. The van der Waals surface area contributed by atoms with Gasteiger partial charge in [-0.05, 0) is 36.6 Å². The molecule has 0 saturated carbocycles. The predicted octanol–water partition coefficient (Wildman–Crippen LogP) is 5.34. The van der Waals surface area contributed by atoms with Gasteiger partial charge in [-0.1, -0.05) is 37.1 Å². The van der Waals surface area contributed by atoms with E-state index < -0.39 is 4.92 Å². The molecule has 0 radical (unpaired) electrons. The number of non-ortho nitro benzene ring substituents is 1. The lowest BCUT2D eigenvalue weighted by atomic mass is 10.1. The van der Waals surface area contributed by atoms with Crippen LogP contribution in [-0.2, 0) is 6.42 Å². The van der Waals surface area contributed by atoms with Gasteiger partial charge in [0, 0.05) is 28.9 Å². The van der Waals surface area contributed by atoms with E-state index in [1.54, 1.807) is 6.21 Å². The highest BCUT2D eigenvalue weighted by Gasteiger charge is 2.08. The van der Waals surface area contributed by atoms with Gasteiger partial charge in [0.1, 0.15) is 0 Å². The van der Waals surface area contributed by atoms with Crippen molar-refractivity contribution >= 4 is 29.2 Å². The van der Waals surface area contributed by atoms with Crippen molar-refractivity contribution in [3.05, 3.63) is 68.7 Å². The van der Waals surface area contributed by atoms with Crippen molar-refractivity contribution in [3.8, 4) is 0 Å². The first-order chi connectivity index (χ1) is 10.6. The number of aliphatic imine (C=N–C) groups is 1. The number of rotatable bonds is 6. The third-order valence-corrected chi connectivity index (χ3v) is 3.64. The molecule has 22 heavy (non-hydrogen) atoms. The monoisotopic (exact) mass is 316 g/mol. The van der Waals surface area contributed by atoms with Gasteiger partial charge in [0.05, 0.1) is 10.6 Å². The molecule has 0 unspecified atom stereocenters. The number of benzene rings is 2. The van der Waals surface area contributed by atoms with Gasteiger partial charge in [-0.2, -0.15) is 0 Å². The molecule has 0 heterocycles. The molecular weight excluding hydrogens is 300 g/mol. The molecule has 0 atom stereocenters. The summed E-state index contributed by atoms with van der Waals surface area (Å²) in [6, 6.07) is 12.3. The van der Waals surface area contributed by atoms with Crippen LogP contribution in [0.25, 0.3) is 0 Å². The molecule has 0 aliphatic carbocycles. The molecule has 0 bridgehead atoms. The van der Waals surface area contributed by atoms with E-state index >= 15 is 0 Å². The smallest absolute Gasteiger partial charge is 0.258 e. The van der Waals surface area contributed by atoms with Crippen molar-refractivity contribution in [2.75, 3.05) is 0 Å². The number of hydrogen-bond donors (Lipinski definition) is 0. The van der Waals surface area contributed by atoms with E-state index in [-0.39, 0.29) is 5.69 Å². The van der Waals surface area contributed by atoms with Crippen molar-refractivity contribution in [1.29, 1.82) is 0 Å². The largest absolute Gasteiger partial charge is 0.270 e. The molecule has 2 aromatic rings. The lowest BCUT2D eigenvalue weighted by Gasteiger charge is -2.01. The first-order valence-corrected chi connectivity index (χ1v) is 7.55. The SMILES string of the molecule is CCCCc1ccc(N=Cc2cc([N+](=O)[O-])ccc2Cl)cc1. The highest BCUT2D eigenvalue weighted by atomic mass is 35.5. The average Bonchev–Trinajstić information content (AvgIpc) is 2.53. The maximum Gasteiger partial charge on any atom is 0.270 e. The van der Waals surface area contributed by atoms with E-state index in [1.165, 1.54) is 36.6 Å². The van der Waals surface area contributed by atoms with Crippen LogP contribution >= 0.6 is 11.6 Å². The second-order valence-corrected chi connectivity index (χ2v) is 5.40. The van der Waals surface area contributed by atoms with Gasteiger partial charge in [0.15, 0.2) is 0 Å². The van der Waals surface area contributed by atoms with Gasteiger partial charge in [0.2, 0.25) is 0 Å². The normalized spacial score (nSPS) is 11.0. The Morgan fingerprint density at radius 2 is 1.95 bits per heavy atom. The van der Waals surface area contributed by atoms with Gasteiger partial charge in [0.25, 0.3) is 5.69 Å². The first-order valence-electron chi connectivity index (χ1n) is 7.17. The van der Waals surface area contributed by atoms with E-state index in [1.807, 2.05) is 12.1 Å². The lowest BCUT2D eigenvalue weighted by molar-refractivity contribution is -0.384. The Balaban J connectivity index is 2.14. The fourth-order valence-corrected chi connectivity index (χ4v) is 2.18. The minimum Gasteiger partial charge on any atom is -0.258 e. The molecule has 114 valence electrons. The van der Waals surface area contributed by atoms with Crippen LogP contribution in [0, 0.1) is 10.1 Å². The molecule has 0 aliphatic heterocycles. The predicted molar refractivity (Wildman–Crippen MR) is 90.4 cm³/mol. The standard InChI is InChI=1S/C17H17ClN2O2/c1-2-3-4-13-5-7-15(8-6-13)19-12-14-11-16(20(21)22)9-10-17(14)18/h5-12H,2-4H2,1H3. The molecule has 0 aromatic heterocycles. The number of aryl methyl sites for hydroxylation is 1. The number of halogens is 1. The number of hydrogen-bond acceptors (Lipinski definition) is 3. The Hall–Kier alpha value is -2.20. The Morgan fingerprint density at radius 1 is 1.23 bits per heavy atom. The zero-order valence-electron chi connectivity index (χ0n) is 12.3. The minimum atomic E-state index is -0.448. The van der Waals surface area contributed by atoms with Crippen molar-refractivity contribution in [2.24, 2.45) is 4.99 Å². The summed E-state index contributed by atoms with van der Waals surface area (Å²) in [4.78, 5) is 14.7. The first kappa shape index (κ1) is 16.2. The molecule has 2 rings (SSSR count). The van der Waals surface area contributed by atoms with Crippen molar-refractivity contribution in [2.45, 2.75) is 26.2 Å². The van der Waals surface area contributed by atoms with Crippen LogP contribution in [0.3, 0.4) is 0 Å². The molecule has 0 spiro atoms. The Labute approximate surface area is 134 Å². The van der Waals surface area contributed by atoms with Crippen LogP contribution in [0.1, 0.15) is 30.9 Å². The molecule has 0 fully saturated rings. The maximum absolute atomic E-state index is 10.8. The molecule has 0 aliphatic rings. The summed E-state index contributed by atoms with van der Waals surface area (Å²) in [6.07, 6.45) is 4.96. The van der Waals surface area contributed by atoms with Gasteiger partial charge in [-0.15, -0.1) is 0 Å². The second kappa shape index (κ2) is 7.71. The van der Waals surface area contributed by atoms with Gasteiger partial charge in [-0.3, -0.25) is 15.1 Å². The van der Waals surface area contributed by atoms with Crippen LogP contribution in [0.2, 0.25) is 5.02 Å². The average molecular weight is 317 g/mol. The lowest BCUT2D eigenvalue weighted by Crippen LogP contribution is -1.90. The van der Waals surface area contributed by atoms with Gasteiger partial charge in [-0.25, -0.2) is 0 Å². The zero-order valence-corrected chi connectivity index (χ0v) is 13.1. The van der Waals surface area contributed by atoms with Crippen molar-refractivity contribution in [1.82, 2.24) is 0 Å². The second-order valence-electron chi connectivity index (χ2n) is 4.99. The summed E-state index contributed by atoms with van der Waals surface area (Å²) in [7, 11) is 0.